The van der Waals surface area contributed by atoms with Crippen LogP contribution in [0, 0.1) is 0 Å². The monoisotopic (exact) mass is 362 g/mol. The standard InChI is InChI=1S/C22H38N2O2/c1-2-3-4-5-6-7-8-9-10-11-18-23-22(26)24-19-12-13-20-14-16-21(25)17-15-20/h14-17,25H,2-13,18-19H2,1H3,(H2,23,24,26). The molecule has 1 rings (SSSR count). The molecule has 3 N–H and O–H groups in total. The summed E-state index contributed by atoms with van der Waals surface area (Å²) < 4.78 is 0. The molecule has 0 atom stereocenters. The number of rotatable bonds is 15. The number of carbonyl (C=O) groups is 1. The average molecular weight is 363 g/mol. The van der Waals surface area contributed by atoms with Gasteiger partial charge in [0.05, 0.1) is 0 Å². The molecule has 0 aliphatic rings. The van der Waals surface area contributed by atoms with Crippen LogP contribution in [0.25, 0.3) is 0 Å². The van der Waals surface area contributed by atoms with Gasteiger partial charge in [-0.1, -0.05) is 76.8 Å². The Morgan fingerprint density at radius 2 is 1.27 bits per heavy atom. The highest BCUT2D eigenvalue weighted by Gasteiger charge is 1.99. The van der Waals surface area contributed by atoms with Gasteiger partial charge < -0.3 is 15.7 Å². The van der Waals surface area contributed by atoms with E-state index in [1.54, 1.807) is 12.1 Å². The van der Waals surface area contributed by atoms with E-state index in [9.17, 15) is 9.90 Å². The minimum Gasteiger partial charge on any atom is -0.508 e. The predicted octanol–water partition coefficient (Wildman–Crippen LogP) is 5.54. The summed E-state index contributed by atoms with van der Waals surface area (Å²) in [5.41, 5.74) is 1.18. The first kappa shape index (κ1) is 22.3. The second kappa shape index (κ2) is 15.5. The summed E-state index contributed by atoms with van der Waals surface area (Å²) in [5.74, 6) is 0.290. The number of hydrogen-bond donors (Lipinski definition) is 3. The zero-order valence-electron chi connectivity index (χ0n) is 16.6. The molecule has 0 aliphatic heterocycles. The minimum atomic E-state index is -0.0633. The number of aryl methyl sites for hydroxylation is 1. The highest BCUT2D eigenvalue weighted by atomic mass is 16.3. The molecule has 4 nitrogen and oxygen atoms in total. The molecule has 4 heteroatoms. The van der Waals surface area contributed by atoms with E-state index in [0.29, 0.717) is 12.3 Å². The summed E-state index contributed by atoms with van der Waals surface area (Å²) in [6, 6.07) is 7.16. The summed E-state index contributed by atoms with van der Waals surface area (Å²) in [4.78, 5) is 11.7. The first-order chi connectivity index (χ1) is 12.7. The molecule has 1 aromatic carbocycles. The van der Waals surface area contributed by atoms with Gasteiger partial charge in [-0.15, -0.1) is 0 Å². The lowest BCUT2D eigenvalue weighted by molar-refractivity contribution is 0.240. The molecule has 0 heterocycles. The van der Waals surface area contributed by atoms with Crippen molar-refractivity contribution in [2.24, 2.45) is 0 Å². The molecular weight excluding hydrogens is 324 g/mol. The van der Waals surface area contributed by atoms with Crippen molar-refractivity contribution in [1.82, 2.24) is 10.6 Å². The van der Waals surface area contributed by atoms with Gasteiger partial charge in [0.15, 0.2) is 0 Å². The third-order valence-corrected chi connectivity index (χ3v) is 4.68. The smallest absolute Gasteiger partial charge is 0.314 e. The maximum Gasteiger partial charge on any atom is 0.314 e. The number of nitrogens with one attached hydrogen (secondary N) is 2. The first-order valence-electron chi connectivity index (χ1n) is 10.5. The molecule has 0 spiro atoms. The Hall–Kier alpha value is -1.71. The van der Waals surface area contributed by atoms with Crippen molar-refractivity contribution in [3.05, 3.63) is 29.8 Å². The summed E-state index contributed by atoms with van der Waals surface area (Å²) in [7, 11) is 0. The van der Waals surface area contributed by atoms with Crippen LogP contribution >= 0.6 is 0 Å². The minimum absolute atomic E-state index is 0.0633. The number of hydrogen-bond acceptors (Lipinski definition) is 2. The summed E-state index contributed by atoms with van der Waals surface area (Å²) in [6.45, 7) is 3.69. The molecule has 0 bridgehead atoms. The number of carbonyl (C=O) groups excluding carboxylic acids is 1. The number of amides is 2. The van der Waals surface area contributed by atoms with Crippen molar-refractivity contribution in [2.45, 2.75) is 84.0 Å². The number of unbranched alkanes of at least 4 members (excludes halogenated alkanes) is 9. The van der Waals surface area contributed by atoms with E-state index in [2.05, 4.69) is 17.6 Å². The van der Waals surface area contributed by atoms with Crippen molar-refractivity contribution >= 4 is 6.03 Å². The second-order valence-electron chi connectivity index (χ2n) is 7.13. The van der Waals surface area contributed by atoms with Crippen LogP contribution in [0.15, 0.2) is 24.3 Å². The predicted molar refractivity (Wildman–Crippen MR) is 110 cm³/mol. The quantitative estimate of drug-likeness (QED) is 0.358. The van der Waals surface area contributed by atoms with Gasteiger partial charge in [0.1, 0.15) is 5.75 Å². The summed E-state index contributed by atoms with van der Waals surface area (Å²) >= 11 is 0. The van der Waals surface area contributed by atoms with Crippen LogP contribution in [0.3, 0.4) is 0 Å². The van der Waals surface area contributed by atoms with Crippen LogP contribution in [-0.2, 0) is 6.42 Å². The van der Waals surface area contributed by atoms with E-state index in [-0.39, 0.29) is 6.03 Å². The highest BCUT2D eigenvalue weighted by molar-refractivity contribution is 5.73. The van der Waals surface area contributed by atoms with Gasteiger partial charge >= 0.3 is 6.03 Å². The number of benzene rings is 1. The number of phenols is 1. The van der Waals surface area contributed by atoms with Crippen molar-refractivity contribution in [3.63, 3.8) is 0 Å². The van der Waals surface area contributed by atoms with Gasteiger partial charge in [-0.05, 0) is 37.0 Å². The molecule has 0 unspecified atom stereocenters. The fourth-order valence-electron chi connectivity index (χ4n) is 3.03. The van der Waals surface area contributed by atoms with Gasteiger partial charge in [0, 0.05) is 13.1 Å². The van der Waals surface area contributed by atoms with Gasteiger partial charge in [-0.3, -0.25) is 0 Å². The number of urea groups is 1. The SMILES string of the molecule is CCCCCCCCCCCCNC(=O)NCCCc1ccc(O)cc1. The molecule has 0 radical (unpaired) electrons. The van der Waals surface area contributed by atoms with Crippen LogP contribution in [0.4, 0.5) is 4.79 Å². The molecule has 2 amide bonds. The third kappa shape index (κ3) is 12.6. The van der Waals surface area contributed by atoms with E-state index >= 15 is 0 Å². The van der Waals surface area contributed by atoms with Crippen LogP contribution < -0.4 is 10.6 Å². The largest absolute Gasteiger partial charge is 0.508 e. The van der Waals surface area contributed by atoms with E-state index in [0.717, 1.165) is 25.8 Å². The molecule has 0 saturated carbocycles. The Balaban J connectivity index is 1.84. The Kier molecular flexibility index (Phi) is 13.3. The number of phenolic OH excluding ortho intramolecular Hbond substituents is 1. The lowest BCUT2D eigenvalue weighted by Crippen LogP contribution is -2.36. The second-order valence-corrected chi connectivity index (χ2v) is 7.13. The van der Waals surface area contributed by atoms with E-state index < -0.39 is 0 Å². The topological polar surface area (TPSA) is 61.4 Å². The molecule has 26 heavy (non-hydrogen) atoms. The Morgan fingerprint density at radius 3 is 1.85 bits per heavy atom. The van der Waals surface area contributed by atoms with Gasteiger partial charge in [0.25, 0.3) is 0 Å². The Labute approximate surface area is 159 Å². The van der Waals surface area contributed by atoms with Crippen molar-refractivity contribution < 1.29 is 9.90 Å². The van der Waals surface area contributed by atoms with Crippen LogP contribution in [0.5, 0.6) is 5.75 Å². The molecule has 0 aromatic heterocycles. The highest BCUT2D eigenvalue weighted by Crippen LogP contribution is 2.11. The molecule has 0 aliphatic carbocycles. The summed E-state index contributed by atoms with van der Waals surface area (Å²) in [6.07, 6.45) is 14.9. The van der Waals surface area contributed by atoms with Gasteiger partial charge in [0.2, 0.25) is 0 Å². The maximum absolute atomic E-state index is 11.7. The molecule has 148 valence electrons. The normalized spacial score (nSPS) is 10.7. The van der Waals surface area contributed by atoms with Crippen LogP contribution in [-0.4, -0.2) is 24.2 Å². The van der Waals surface area contributed by atoms with Crippen LogP contribution in [0.1, 0.15) is 83.1 Å². The third-order valence-electron chi connectivity index (χ3n) is 4.68. The fourth-order valence-corrected chi connectivity index (χ4v) is 3.03. The zero-order chi connectivity index (χ0) is 18.9. The van der Waals surface area contributed by atoms with Crippen molar-refractivity contribution in [2.75, 3.05) is 13.1 Å². The lowest BCUT2D eigenvalue weighted by Gasteiger charge is -2.08. The van der Waals surface area contributed by atoms with E-state index in [1.165, 1.54) is 63.4 Å². The van der Waals surface area contributed by atoms with E-state index in [1.807, 2.05) is 12.1 Å². The lowest BCUT2D eigenvalue weighted by atomic mass is 10.1. The molecule has 0 fully saturated rings. The average Bonchev–Trinajstić information content (AvgIpc) is 2.65. The summed E-state index contributed by atoms with van der Waals surface area (Å²) in [5, 5.41) is 15.1. The maximum atomic E-state index is 11.7. The van der Waals surface area contributed by atoms with Crippen LogP contribution in [0.2, 0.25) is 0 Å². The molecule has 0 saturated heterocycles. The van der Waals surface area contributed by atoms with Gasteiger partial charge in [-0.2, -0.15) is 0 Å². The van der Waals surface area contributed by atoms with Crippen molar-refractivity contribution in [3.8, 4) is 5.75 Å². The Morgan fingerprint density at radius 1 is 0.769 bits per heavy atom. The number of aromatic hydroxyl groups is 1. The fraction of sp³-hybridized carbons (Fsp3) is 0.682. The van der Waals surface area contributed by atoms with E-state index in [4.69, 9.17) is 0 Å². The van der Waals surface area contributed by atoms with Gasteiger partial charge in [-0.25, -0.2) is 4.79 Å². The molecule has 1 aromatic rings. The van der Waals surface area contributed by atoms with Crippen molar-refractivity contribution in [1.29, 1.82) is 0 Å². The molecular formula is C22H38N2O2. The zero-order valence-corrected chi connectivity index (χ0v) is 16.6. The first-order valence-corrected chi connectivity index (χ1v) is 10.5. The Bertz CT molecular complexity index is 460.